The Morgan fingerprint density at radius 1 is 0.917 bits per heavy atom. The number of benzene rings is 3. The molecule has 4 rings (SSSR count). The summed E-state index contributed by atoms with van der Waals surface area (Å²) in [5.74, 6) is -0.603. The van der Waals surface area contributed by atoms with E-state index in [2.05, 4.69) is 43.0 Å². The van der Waals surface area contributed by atoms with E-state index in [0.29, 0.717) is 35.9 Å². The van der Waals surface area contributed by atoms with Crippen LogP contribution in [0.15, 0.2) is 66.7 Å². The zero-order valence-electron chi connectivity index (χ0n) is 21.1. The van der Waals surface area contributed by atoms with Crippen LogP contribution in [-0.4, -0.2) is 40.9 Å². The molecule has 3 nitrogen and oxygen atoms in total. The van der Waals surface area contributed by atoms with Crippen LogP contribution in [-0.2, 0) is 0 Å². The van der Waals surface area contributed by atoms with Crippen molar-refractivity contribution in [2.75, 3.05) is 19.7 Å². The Morgan fingerprint density at radius 3 is 2.08 bits per heavy atom. The summed E-state index contributed by atoms with van der Waals surface area (Å²) in [7, 11) is 0. The molecule has 190 valence electrons. The molecule has 0 aromatic heterocycles. The van der Waals surface area contributed by atoms with E-state index >= 15 is 0 Å². The molecular weight excluding hydrogens is 456 g/mol. The van der Waals surface area contributed by atoms with Crippen LogP contribution in [0.4, 0.5) is 8.78 Å². The van der Waals surface area contributed by atoms with Crippen molar-refractivity contribution in [1.82, 2.24) is 4.90 Å². The first-order valence-electron chi connectivity index (χ1n) is 12.8. The van der Waals surface area contributed by atoms with Crippen LogP contribution in [0.2, 0.25) is 0 Å². The Hall–Kier alpha value is -3.02. The normalized spacial score (nSPS) is 15.8. The van der Waals surface area contributed by atoms with Gasteiger partial charge >= 0.3 is 0 Å². The average Bonchev–Trinajstić information content (AvgIpc) is 2.88. The van der Waals surface area contributed by atoms with Gasteiger partial charge in [-0.2, -0.15) is 0 Å². The fourth-order valence-electron chi connectivity index (χ4n) is 5.20. The van der Waals surface area contributed by atoms with E-state index in [9.17, 15) is 19.0 Å². The van der Waals surface area contributed by atoms with E-state index in [0.717, 1.165) is 48.7 Å². The second-order valence-corrected chi connectivity index (χ2v) is 9.88. The van der Waals surface area contributed by atoms with Gasteiger partial charge in [0.2, 0.25) is 0 Å². The van der Waals surface area contributed by atoms with Gasteiger partial charge in [0.15, 0.2) is 0 Å². The van der Waals surface area contributed by atoms with Crippen LogP contribution in [0, 0.1) is 11.6 Å². The van der Waals surface area contributed by atoms with Crippen molar-refractivity contribution in [1.29, 1.82) is 0 Å². The molecule has 0 spiro atoms. The fraction of sp³-hybridized carbons (Fsp3) is 0.355. The Balaban J connectivity index is 1.77. The quantitative estimate of drug-likeness (QED) is 0.334. The number of halogens is 2. The van der Waals surface area contributed by atoms with Crippen LogP contribution in [0.5, 0.6) is 5.75 Å². The van der Waals surface area contributed by atoms with Gasteiger partial charge in [0.05, 0.1) is 0 Å². The number of phenolic OH excluding ortho intramolecular Hbond substituents is 1. The predicted octanol–water partition coefficient (Wildman–Crippen LogP) is 6.99. The summed E-state index contributed by atoms with van der Waals surface area (Å²) >= 11 is 0. The lowest BCUT2D eigenvalue weighted by molar-refractivity contribution is 0.172. The molecule has 3 aromatic carbocycles. The van der Waals surface area contributed by atoms with Crippen molar-refractivity contribution in [3.63, 3.8) is 0 Å². The number of hydrogen-bond donors (Lipinski definition) is 2. The standard InChI is InChI=1S/C31H35F2NO2/c1-21(2)34-17-15-23(16-18-34)22-5-7-24(8-6-22)31(25-9-12-27(36)13-10-25)29(4-3-19-35)28-14-11-26(32)20-30(28)33/h5-14,20-21,23,35-36H,3-4,15-19H2,1-2H3. The van der Waals surface area contributed by atoms with Gasteiger partial charge in [-0.15, -0.1) is 0 Å². The van der Waals surface area contributed by atoms with Gasteiger partial charge in [0.1, 0.15) is 17.4 Å². The first-order chi connectivity index (χ1) is 17.4. The summed E-state index contributed by atoms with van der Waals surface area (Å²) in [6.07, 6.45) is 3.12. The maximum atomic E-state index is 15.0. The fourth-order valence-corrected chi connectivity index (χ4v) is 5.20. The molecule has 0 radical (unpaired) electrons. The van der Waals surface area contributed by atoms with Gasteiger partial charge in [-0.25, -0.2) is 8.78 Å². The molecule has 1 aliphatic heterocycles. The smallest absolute Gasteiger partial charge is 0.133 e. The lowest BCUT2D eigenvalue weighted by Crippen LogP contribution is -2.37. The van der Waals surface area contributed by atoms with E-state index in [1.807, 2.05) is 0 Å². The van der Waals surface area contributed by atoms with Crippen molar-refractivity contribution >= 4 is 11.1 Å². The molecule has 1 fully saturated rings. The van der Waals surface area contributed by atoms with Crippen molar-refractivity contribution < 1.29 is 19.0 Å². The summed E-state index contributed by atoms with van der Waals surface area (Å²) in [5.41, 5.74) is 4.87. The van der Waals surface area contributed by atoms with Crippen LogP contribution in [0.3, 0.4) is 0 Å². The summed E-state index contributed by atoms with van der Waals surface area (Å²) in [4.78, 5) is 2.52. The zero-order chi connectivity index (χ0) is 25.7. The number of hydrogen-bond acceptors (Lipinski definition) is 3. The predicted molar refractivity (Wildman–Crippen MR) is 142 cm³/mol. The largest absolute Gasteiger partial charge is 0.508 e. The molecule has 3 aromatic rings. The molecule has 0 saturated carbocycles. The average molecular weight is 492 g/mol. The van der Waals surface area contributed by atoms with Crippen LogP contribution in [0.1, 0.15) is 67.7 Å². The first-order valence-corrected chi connectivity index (χ1v) is 12.8. The lowest BCUT2D eigenvalue weighted by Gasteiger charge is -2.34. The topological polar surface area (TPSA) is 43.7 Å². The molecule has 1 heterocycles. The van der Waals surface area contributed by atoms with Crippen molar-refractivity contribution in [2.24, 2.45) is 0 Å². The molecule has 0 bridgehead atoms. The number of piperidine rings is 1. The SMILES string of the molecule is CC(C)N1CCC(c2ccc(C(=C(CCCO)c3ccc(F)cc3F)c3ccc(O)cc3)cc2)CC1. The minimum absolute atomic E-state index is 0.0385. The number of likely N-dealkylation sites (tertiary alicyclic amines) is 1. The van der Waals surface area contributed by atoms with Gasteiger partial charge in [0.25, 0.3) is 0 Å². The third-order valence-corrected chi connectivity index (χ3v) is 7.23. The number of aromatic hydroxyl groups is 1. The van der Waals surface area contributed by atoms with Gasteiger partial charge in [-0.1, -0.05) is 36.4 Å². The molecule has 0 atom stereocenters. The number of aliphatic hydroxyl groups excluding tert-OH is 1. The second-order valence-electron chi connectivity index (χ2n) is 9.88. The molecular formula is C31H35F2NO2. The van der Waals surface area contributed by atoms with Crippen LogP contribution >= 0.6 is 0 Å². The van der Waals surface area contributed by atoms with Gasteiger partial charge in [-0.05, 0) is 111 Å². The number of phenols is 1. The summed E-state index contributed by atoms with van der Waals surface area (Å²) in [6, 6.07) is 19.5. The number of aliphatic hydroxyl groups is 1. The third kappa shape index (κ3) is 6.03. The van der Waals surface area contributed by atoms with Gasteiger partial charge in [0, 0.05) is 24.3 Å². The van der Waals surface area contributed by atoms with E-state index in [1.54, 1.807) is 24.3 Å². The van der Waals surface area contributed by atoms with E-state index < -0.39 is 11.6 Å². The van der Waals surface area contributed by atoms with Crippen molar-refractivity contribution in [2.45, 2.75) is 51.5 Å². The van der Waals surface area contributed by atoms with E-state index in [-0.39, 0.29) is 12.4 Å². The highest BCUT2D eigenvalue weighted by Gasteiger charge is 2.23. The van der Waals surface area contributed by atoms with Gasteiger partial charge in [-0.3, -0.25) is 0 Å². The van der Waals surface area contributed by atoms with E-state index in [1.165, 1.54) is 17.7 Å². The molecule has 1 saturated heterocycles. The molecule has 0 aliphatic carbocycles. The van der Waals surface area contributed by atoms with Crippen LogP contribution < -0.4 is 0 Å². The number of rotatable bonds is 8. The highest BCUT2D eigenvalue weighted by atomic mass is 19.1. The number of nitrogens with zero attached hydrogens (tertiary/aromatic N) is 1. The van der Waals surface area contributed by atoms with E-state index in [4.69, 9.17) is 0 Å². The third-order valence-electron chi connectivity index (χ3n) is 7.23. The number of allylic oxidation sites excluding steroid dienone is 1. The Morgan fingerprint density at radius 2 is 1.53 bits per heavy atom. The highest BCUT2D eigenvalue weighted by Crippen LogP contribution is 2.38. The Bertz CT molecular complexity index is 1180. The van der Waals surface area contributed by atoms with Crippen LogP contribution in [0.25, 0.3) is 11.1 Å². The molecule has 2 N–H and O–H groups in total. The minimum atomic E-state index is -0.632. The molecule has 1 aliphatic rings. The maximum absolute atomic E-state index is 15.0. The molecule has 36 heavy (non-hydrogen) atoms. The molecule has 0 unspecified atom stereocenters. The lowest BCUT2D eigenvalue weighted by atomic mass is 9.84. The monoisotopic (exact) mass is 491 g/mol. The van der Waals surface area contributed by atoms with Crippen molar-refractivity contribution in [3.8, 4) is 5.75 Å². The minimum Gasteiger partial charge on any atom is -0.508 e. The highest BCUT2D eigenvalue weighted by molar-refractivity contribution is 5.98. The zero-order valence-corrected chi connectivity index (χ0v) is 21.1. The molecule has 0 amide bonds. The first kappa shape index (κ1) is 26.1. The summed E-state index contributed by atoms with van der Waals surface area (Å²) in [6.45, 7) is 6.63. The van der Waals surface area contributed by atoms with Crippen molar-refractivity contribution in [3.05, 3.63) is 101 Å². The van der Waals surface area contributed by atoms with Gasteiger partial charge < -0.3 is 15.1 Å². The summed E-state index contributed by atoms with van der Waals surface area (Å²) < 4.78 is 28.7. The maximum Gasteiger partial charge on any atom is 0.133 e. The second kappa shape index (κ2) is 11.8. The molecule has 5 heteroatoms. The Labute approximate surface area is 212 Å². The Kier molecular flexibility index (Phi) is 8.55. The summed E-state index contributed by atoms with van der Waals surface area (Å²) in [5, 5.41) is 19.4.